The van der Waals surface area contributed by atoms with Gasteiger partial charge in [-0.3, -0.25) is 9.69 Å². The van der Waals surface area contributed by atoms with E-state index in [0.29, 0.717) is 4.91 Å². The second kappa shape index (κ2) is 7.38. The zero-order valence-corrected chi connectivity index (χ0v) is 13.5. The third-order valence-corrected chi connectivity index (χ3v) is 4.48. The number of carbonyl (C=O) groups is 2. The quantitative estimate of drug-likeness (QED) is 0.609. The summed E-state index contributed by atoms with van der Waals surface area (Å²) in [5, 5.41) is 11.1. The number of benzene rings is 1. The Morgan fingerprint density at radius 1 is 1.41 bits per heavy atom. The lowest BCUT2D eigenvalue weighted by atomic mass is 10.2. The highest BCUT2D eigenvalue weighted by molar-refractivity contribution is 8.26. The lowest BCUT2D eigenvalue weighted by molar-refractivity contribution is -0.310. The average Bonchev–Trinajstić information content (AvgIpc) is 2.77. The van der Waals surface area contributed by atoms with E-state index in [9.17, 15) is 14.7 Å². The second-order valence-corrected chi connectivity index (χ2v) is 6.26. The van der Waals surface area contributed by atoms with Crippen molar-refractivity contribution >= 4 is 46.3 Å². The predicted octanol–water partition coefficient (Wildman–Crippen LogP) is 1.97. The number of hydrogen-bond donors (Lipinski definition) is 0. The second-order valence-electron chi connectivity index (χ2n) is 4.59. The molecule has 0 aromatic heterocycles. The van der Waals surface area contributed by atoms with Gasteiger partial charge in [0.25, 0.3) is 5.91 Å². The molecule has 0 radical (unpaired) electrons. The maximum Gasteiger partial charge on any atom is 0.266 e. The van der Waals surface area contributed by atoms with Crippen molar-refractivity contribution in [3.8, 4) is 0 Å². The predicted molar refractivity (Wildman–Crippen MR) is 89.7 cm³/mol. The summed E-state index contributed by atoms with van der Waals surface area (Å²) in [6, 6.07) is 8.64. The van der Waals surface area contributed by atoms with Crippen LogP contribution in [0.15, 0.2) is 47.4 Å². The molecule has 0 aliphatic carbocycles. The Bertz CT molecular complexity index is 653. The van der Waals surface area contributed by atoms with Gasteiger partial charge >= 0.3 is 0 Å². The summed E-state index contributed by atoms with van der Waals surface area (Å²) in [5.74, 6) is -1.68. The molecule has 6 heteroatoms. The Labute approximate surface area is 138 Å². The zero-order valence-electron chi connectivity index (χ0n) is 11.9. The summed E-state index contributed by atoms with van der Waals surface area (Å²) in [4.78, 5) is 24.9. The van der Waals surface area contributed by atoms with Gasteiger partial charge in [0.05, 0.1) is 16.9 Å². The van der Waals surface area contributed by atoms with Crippen molar-refractivity contribution < 1.29 is 14.7 Å². The topological polar surface area (TPSA) is 60.4 Å². The Morgan fingerprint density at radius 2 is 2.09 bits per heavy atom. The summed E-state index contributed by atoms with van der Waals surface area (Å²) >= 11 is 6.22. The number of rotatable bonds is 5. The lowest BCUT2D eigenvalue weighted by Crippen LogP contribution is -2.49. The molecular weight excluding hydrogens is 318 g/mol. The number of thioether (sulfide) groups is 1. The molecule has 22 heavy (non-hydrogen) atoms. The fourth-order valence-corrected chi connectivity index (χ4v) is 3.34. The van der Waals surface area contributed by atoms with Crippen LogP contribution < -0.4 is 5.11 Å². The molecule has 0 N–H and O–H groups in total. The summed E-state index contributed by atoms with van der Waals surface area (Å²) in [6.07, 6.45) is 5.51. The molecule has 1 atom stereocenters. The monoisotopic (exact) mass is 332 g/mol. The van der Waals surface area contributed by atoms with Crippen molar-refractivity contribution in [1.29, 1.82) is 0 Å². The van der Waals surface area contributed by atoms with Crippen LogP contribution in [0.3, 0.4) is 0 Å². The summed E-state index contributed by atoms with van der Waals surface area (Å²) in [6.45, 7) is 1.68. The molecule has 0 bridgehead atoms. The number of carboxylic acids is 1. The van der Waals surface area contributed by atoms with E-state index in [1.54, 1.807) is 19.1 Å². The SMILES string of the molecule is CC[C@@H](C(=O)[O-])N1C(=O)/C(=C/C=C/c2ccccc2)SC1=S. The van der Waals surface area contributed by atoms with Crippen LogP contribution in [0.25, 0.3) is 6.08 Å². The standard InChI is InChI=1S/C16H15NO3S2/c1-2-12(15(19)20)17-14(18)13(22-16(17)21)10-6-9-11-7-4-3-5-8-11/h3-10,12H,2H2,1H3,(H,19,20)/p-1/b9-6+,13-10-/t12-/m0/s1. The van der Waals surface area contributed by atoms with Gasteiger partial charge in [-0.25, -0.2) is 0 Å². The molecular formula is C16H14NO3S2-. The van der Waals surface area contributed by atoms with Crippen LogP contribution in [-0.4, -0.2) is 27.1 Å². The Kier molecular flexibility index (Phi) is 5.51. The van der Waals surface area contributed by atoms with Crippen molar-refractivity contribution in [2.45, 2.75) is 19.4 Å². The minimum atomic E-state index is -1.29. The van der Waals surface area contributed by atoms with Gasteiger partial charge in [0, 0.05) is 0 Å². The first kappa shape index (κ1) is 16.5. The minimum absolute atomic E-state index is 0.250. The molecule has 2 rings (SSSR count). The Hall–Kier alpha value is -1.92. The van der Waals surface area contributed by atoms with Gasteiger partial charge in [0.15, 0.2) is 0 Å². The molecule has 1 heterocycles. The molecule has 1 aliphatic heterocycles. The molecule has 1 amide bonds. The highest BCUT2D eigenvalue weighted by atomic mass is 32.2. The molecule has 1 aliphatic rings. The van der Waals surface area contributed by atoms with Crippen molar-refractivity contribution in [3.05, 3.63) is 53.0 Å². The first-order valence-electron chi connectivity index (χ1n) is 6.74. The van der Waals surface area contributed by atoms with Crippen LogP contribution in [0.4, 0.5) is 0 Å². The summed E-state index contributed by atoms with van der Waals surface area (Å²) < 4.78 is 0.250. The summed E-state index contributed by atoms with van der Waals surface area (Å²) in [5.41, 5.74) is 1.01. The van der Waals surface area contributed by atoms with Gasteiger partial charge in [-0.05, 0) is 18.1 Å². The molecule has 0 unspecified atom stereocenters. The van der Waals surface area contributed by atoms with Crippen LogP contribution in [0.5, 0.6) is 0 Å². The number of hydrogen-bond acceptors (Lipinski definition) is 5. The van der Waals surface area contributed by atoms with Gasteiger partial charge in [0.2, 0.25) is 0 Å². The van der Waals surface area contributed by atoms with Crippen LogP contribution in [0.2, 0.25) is 0 Å². The van der Waals surface area contributed by atoms with Crippen molar-refractivity contribution in [2.75, 3.05) is 0 Å². The number of thiocarbonyl (C=S) groups is 1. The van der Waals surface area contributed by atoms with Crippen LogP contribution in [0.1, 0.15) is 18.9 Å². The van der Waals surface area contributed by atoms with Crippen molar-refractivity contribution in [3.63, 3.8) is 0 Å². The first-order valence-corrected chi connectivity index (χ1v) is 7.96. The molecule has 1 fully saturated rings. The van der Waals surface area contributed by atoms with Gasteiger partial charge in [0.1, 0.15) is 4.32 Å². The van der Waals surface area contributed by atoms with E-state index in [0.717, 1.165) is 22.2 Å². The van der Waals surface area contributed by atoms with Crippen LogP contribution in [-0.2, 0) is 9.59 Å². The molecule has 114 valence electrons. The third kappa shape index (κ3) is 3.64. The fraction of sp³-hybridized carbons (Fsp3) is 0.188. The maximum absolute atomic E-state index is 12.3. The molecule has 0 saturated carbocycles. The highest BCUT2D eigenvalue weighted by Gasteiger charge is 2.36. The van der Waals surface area contributed by atoms with E-state index < -0.39 is 12.0 Å². The van der Waals surface area contributed by atoms with E-state index in [1.165, 1.54) is 0 Å². The molecule has 0 spiro atoms. The van der Waals surface area contributed by atoms with Crippen molar-refractivity contribution in [1.82, 2.24) is 4.90 Å². The Morgan fingerprint density at radius 3 is 2.68 bits per heavy atom. The smallest absolute Gasteiger partial charge is 0.266 e. The van der Waals surface area contributed by atoms with Gasteiger partial charge < -0.3 is 9.90 Å². The fourth-order valence-electron chi connectivity index (χ4n) is 2.03. The number of aliphatic carboxylic acids is 1. The Balaban J connectivity index is 2.16. The number of nitrogens with zero attached hydrogens (tertiary/aromatic N) is 1. The normalized spacial score (nSPS) is 18.4. The lowest BCUT2D eigenvalue weighted by Gasteiger charge is -2.26. The van der Waals surface area contributed by atoms with E-state index in [4.69, 9.17) is 12.2 Å². The van der Waals surface area contributed by atoms with Gasteiger partial charge in [-0.2, -0.15) is 0 Å². The maximum atomic E-state index is 12.3. The average molecular weight is 332 g/mol. The third-order valence-electron chi connectivity index (χ3n) is 3.13. The van der Waals surface area contributed by atoms with Crippen LogP contribution >= 0.6 is 24.0 Å². The van der Waals surface area contributed by atoms with E-state index in [1.807, 2.05) is 36.4 Å². The molecule has 1 saturated heterocycles. The highest BCUT2D eigenvalue weighted by Crippen LogP contribution is 2.33. The van der Waals surface area contributed by atoms with Crippen molar-refractivity contribution in [2.24, 2.45) is 0 Å². The van der Waals surface area contributed by atoms with E-state index in [2.05, 4.69) is 0 Å². The summed E-state index contributed by atoms with van der Waals surface area (Å²) in [7, 11) is 0. The number of carboxylic acid groups (broad SMARTS) is 1. The molecule has 4 nitrogen and oxygen atoms in total. The first-order chi connectivity index (χ1) is 10.5. The van der Waals surface area contributed by atoms with Crippen LogP contribution in [0, 0.1) is 0 Å². The number of carbonyl (C=O) groups excluding carboxylic acids is 2. The van der Waals surface area contributed by atoms with Gasteiger partial charge in [-0.15, -0.1) is 0 Å². The van der Waals surface area contributed by atoms with E-state index >= 15 is 0 Å². The minimum Gasteiger partial charge on any atom is -0.548 e. The molecule has 1 aromatic rings. The largest absolute Gasteiger partial charge is 0.548 e. The number of allylic oxidation sites excluding steroid dienone is 2. The van der Waals surface area contributed by atoms with E-state index in [-0.39, 0.29) is 16.6 Å². The zero-order chi connectivity index (χ0) is 16.1. The molecule has 1 aromatic carbocycles. The van der Waals surface area contributed by atoms with Gasteiger partial charge in [-0.1, -0.05) is 73.4 Å². The number of amides is 1.